The molecular formula is C14H25N5. The van der Waals surface area contributed by atoms with Crippen molar-refractivity contribution in [1.29, 1.82) is 0 Å². The van der Waals surface area contributed by atoms with Gasteiger partial charge in [0.1, 0.15) is 17.5 Å². The maximum atomic E-state index is 4.45. The van der Waals surface area contributed by atoms with Crippen LogP contribution in [0.25, 0.3) is 0 Å². The van der Waals surface area contributed by atoms with Crippen molar-refractivity contribution >= 4 is 11.6 Å². The van der Waals surface area contributed by atoms with E-state index in [1.807, 2.05) is 13.0 Å². The third kappa shape index (κ3) is 4.67. The van der Waals surface area contributed by atoms with Crippen molar-refractivity contribution in [1.82, 2.24) is 15.3 Å². The summed E-state index contributed by atoms with van der Waals surface area (Å²) in [5.41, 5.74) is 0. The van der Waals surface area contributed by atoms with Crippen LogP contribution in [0.4, 0.5) is 11.6 Å². The maximum Gasteiger partial charge on any atom is 0.132 e. The summed E-state index contributed by atoms with van der Waals surface area (Å²) in [6.45, 7) is 9.45. The van der Waals surface area contributed by atoms with Crippen LogP contribution in [0.5, 0.6) is 0 Å². The van der Waals surface area contributed by atoms with E-state index in [2.05, 4.69) is 39.8 Å². The molecule has 1 unspecified atom stereocenters. The second kappa shape index (κ2) is 6.70. The van der Waals surface area contributed by atoms with E-state index in [1.165, 1.54) is 0 Å². The molecule has 0 saturated carbocycles. The van der Waals surface area contributed by atoms with Gasteiger partial charge in [-0.1, -0.05) is 13.8 Å². The first kappa shape index (κ1) is 14.1. The largest absolute Gasteiger partial charge is 0.370 e. The van der Waals surface area contributed by atoms with Gasteiger partial charge in [-0.3, -0.25) is 0 Å². The molecule has 1 aromatic heterocycles. The van der Waals surface area contributed by atoms with Crippen molar-refractivity contribution in [3.8, 4) is 0 Å². The number of hydrogen-bond acceptors (Lipinski definition) is 5. The second-order valence-electron chi connectivity index (χ2n) is 5.63. The van der Waals surface area contributed by atoms with Gasteiger partial charge >= 0.3 is 0 Å². The Bertz CT molecular complexity index is 399. The molecule has 0 amide bonds. The number of aryl methyl sites for hydroxylation is 1. The van der Waals surface area contributed by atoms with Crippen LogP contribution < -0.4 is 16.0 Å². The van der Waals surface area contributed by atoms with E-state index >= 15 is 0 Å². The Balaban J connectivity index is 1.93. The summed E-state index contributed by atoms with van der Waals surface area (Å²) in [6, 6.07) is 2.49. The summed E-state index contributed by atoms with van der Waals surface area (Å²) in [6.07, 6.45) is 2.30. The summed E-state index contributed by atoms with van der Waals surface area (Å²) in [5.74, 6) is 3.36. The molecule has 0 aliphatic carbocycles. The fraction of sp³-hybridized carbons (Fsp3) is 0.714. The van der Waals surface area contributed by atoms with Crippen LogP contribution in [0.3, 0.4) is 0 Å². The lowest BCUT2D eigenvalue weighted by Crippen LogP contribution is -2.23. The van der Waals surface area contributed by atoms with Gasteiger partial charge in [0.25, 0.3) is 0 Å². The van der Waals surface area contributed by atoms with E-state index in [0.29, 0.717) is 12.0 Å². The molecule has 0 radical (unpaired) electrons. The van der Waals surface area contributed by atoms with Crippen LogP contribution in [0.2, 0.25) is 0 Å². The Kier molecular flexibility index (Phi) is 4.96. The highest BCUT2D eigenvalue weighted by atomic mass is 15.1. The number of nitrogens with one attached hydrogen (secondary N) is 3. The molecule has 3 N–H and O–H groups in total. The van der Waals surface area contributed by atoms with E-state index in [1.54, 1.807) is 0 Å². The van der Waals surface area contributed by atoms with Crippen molar-refractivity contribution < 1.29 is 0 Å². The second-order valence-corrected chi connectivity index (χ2v) is 5.63. The molecule has 2 heterocycles. The van der Waals surface area contributed by atoms with Crippen molar-refractivity contribution in [2.45, 2.75) is 39.7 Å². The van der Waals surface area contributed by atoms with Gasteiger partial charge in [0.2, 0.25) is 0 Å². The number of rotatable bonds is 6. The topological polar surface area (TPSA) is 61.9 Å². The fourth-order valence-corrected chi connectivity index (χ4v) is 2.21. The Morgan fingerprint density at radius 1 is 1.37 bits per heavy atom. The van der Waals surface area contributed by atoms with Crippen LogP contribution in [0.1, 0.15) is 32.5 Å². The van der Waals surface area contributed by atoms with E-state index < -0.39 is 0 Å². The first-order valence-electron chi connectivity index (χ1n) is 7.20. The Hall–Kier alpha value is -1.36. The van der Waals surface area contributed by atoms with Crippen molar-refractivity contribution in [3.63, 3.8) is 0 Å². The van der Waals surface area contributed by atoms with Crippen molar-refractivity contribution in [3.05, 3.63) is 11.9 Å². The zero-order valence-electron chi connectivity index (χ0n) is 12.2. The van der Waals surface area contributed by atoms with Crippen molar-refractivity contribution in [2.75, 3.05) is 30.3 Å². The third-order valence-electron chi connectivity index (χ3n) is 3.28. The molecule has 0 aromatic carbocycles. The molecule has 1 aliphatic heterocycles. The van der Waals surface area contributed by atoms with E-state index in [9.17, 15) is 0 Å². The van der Waals surface area contributed by atoms with Crippen LogP contribution in [0, 0.1) is 12.8 Å². The van der Waals surface area contributed by atoms with Crippen LogP contribution in [-0.4, -0.2) is 35.6 Å². The molecule has 5 heteroatoms. The Morgan fingerprint density at radius 2 is 2.16 bits per heavy atom. The molecule has 2 rings (SSSR count). The number of nitrogens with zero attached hydrogens (tertiary/aromatic N) is 2. The van der Waals surface area contributed by atoms with E-state index in [-0.39, 0.29) is 0 Å². The predicted molar refractivity (Wildman–Crippen MR) is 79.6 cm³/mol. The van der Waals surface area contributed by atoms with E-state index in [0.717, 1.165) is 49.9 Å². The highest BCUT2D eigenvalue weighted by Gasteiger charge is 2.14. The summed E-state index contributed by atoms with van der Waals surface area (Å²) in [4.78, 5) is 8.88. The van der Waals surface area contributed by atoms with Gasteiger partial charge < -0.3 is 16.0 Å². The monoisotopic (exact) mass is 263 g/mol. The van der Waals surface area contributed by atoms with Gasteiger partial charge in [0.05, 0.1) is 0 Å². The highest BCUT2D eigenvalue weighted by molar-refractivity contribution is 5.48. The maximum absolute atomic E-state index is 4.45. The first-order chi connectivity index (χ1) is 9.13. The van der Waals surface area contributed by atoms with Gasteiger partial charge in [-0.25, -0.2) is 9.97 Å². The van der Waals surface area contributed by atoms with Crippen LogP contribution in [-0.2, 0) is 0 Å². The first-order valence-corrected chi connectivity index (χ1v) is 7.20. The molecule has 0 bridgehead atoms. The molecule has 5 nitrogen and oxygen atoms in total. The van der Waals surface area contributed by atoms with E-state index in [4.69, 9.17) is 0 Å². The molecule has 1 aromatic rings. The third-order valence-corrected chi connectivity index (χ3v) is 3.28. The molecule has 0 spiro atoms. The molecule has 106 valence electrons. The predicted octanol–water partition coefficient (Wildman–Crippen LogP) is 2.02. The van der Waals surface area contributed by atoms with Gasteiger partial charge in [-0.2, -0.15) is 0 Å². The van der Waals surface area contributed by atoms with Crippen molar-refractivity contribution in [2.24, 2.45) is 5.92 Å². The van der Waals surface area contributed by atoms with Gasteiger partial charge in [-0.05, 0) is 32.2 Å². The quantitative estimate of drug-likeness (QED) is 0.733. The lowest BCUT2D eigenvalue weighted by Gasteiger charge is -2.14. The number of aromatic nitrogens is 2. The molecular weight excluding hydrogens is 238 g/mol. The molecule has 1 aliphatic rings. The smallest absolute Gasteiger partial charge is 0.132 e. The number of hydrogen-bond donors (Lipinski definition) is 3. The average Bonchev–Trinajstić information content (AvgIpc) is 2.80. The van der Waals surface area contributed by atoms with Gasteiger partial charge in [0, 0.05) is 25.2 Å². The fourth-order valence-electron chi connectivity index (χ4n) is 2.21. The van der Waals surface area contributed by atoms with Crippen LogP contribution in [0.15, 0.2) is 6.07 Å². The summed E-state index contributed by atoms with van der Waals surface area (Å²) in [5, 5.41) is 10.2. The van der Waals surface area contributed by atoms with Gasteiger partial charge in [0.15, 0.2) is 0 Å². The number of anilines is 2. The minimum Gasteiger partial charge on any atom is -0.370 e. The highest BCUT2D eigenvalue weighted by Crippen LogP contribution is 2.14. The standard InChI is InChI=1S/C14H25N5/c1-10(2)4-7-16-13-8-14(18-11(3)17-13)19-12-5-6-15-9-12/h8,10,12,15H,4-7,9H2,1-3H3,(H2,16,17,18,19). The van der Waals surface area contributed by atoms with Crippen LogP contribution >= 0.6 is 0 Å². The summed E-state index contributed by atoms with van der Waals surface area (Å²) in [7, 11) is 0. The summed E-state index contributed by atoms with van der Waals surface area (Å²) < 4.78 is 0. The summed E-state index contributed by atoms with van der Waals surface area (Å²) >= 11 is 0. The molecule has 1 atom stereocenters. The lowest BCUT2D eigenvalue weighted by molar-refractivity contribution is 0.606. The Labute approximate surface area is 115 Å². The minimum atomic E-state index is 0.484. The average molecular weight is 263 g/mol. The molecule has 1 saturated heterocycles. The minimum absolute atomic E-state index is 0.484. The Morgan fingerprint density at radius 3 is 2.84 bits per heavy atom. The molecule has 1 fully saturated rings. The zero-order chi connectivity index (χ0) is 13.7. The SMILES string of the molecule is Cc1nc(NCCC(C)C)cc(NC2CCNC2)n1. The normalized spacial score (nSPS) is 18.8. The molecule has 19 heavy (non-hydrogen) atoms. The lowest BCUT2D eigenvalue weighted by atomic mass is 10.1. The van der Waals surface area contributed by atoms with Gasteiger partial charge in [-0.15, -0.1) is 0 Å². The zero-order valence-corrected chi connectivity index (χ0v) is 12.2.